The van der Waals surface area contributed by atoms with Crippen LogP contribution in [0.25, 0.3) is 0 Å². The van der Waals surface area contributed by atoms with Crippen molar-refractivity contribution in [2.24, 2.45) is 0 Å². The van der Waals surface area contributed by atoms with Crippen molar-refractivity contribution in [3.63, 3.8) is 0 Å². The maximum atomic E-state index is 4.81. The summed E-state index contributed by atoms with van der Waals surface area (Å²) in [5, 5.41) is 4.12. The molecule has 0 aromatic rings. The predicted molar refractivity (Wildman–Crippen MR) is 47.8 cm³/mol. The molecule has 1 heterocycles. The molecular formula is C7H16BrNO. The van der Waals surface area contributed by atoms with Crippen LogP contribution < -0.4 is 5.32 Å². The first kappa shape index (κ1) is 10.4. The van der Waals surface area contributed by atoms with E-state index in [1.165, 1.54) is 0 Å². The lowest BCUT2D eigenvalue weighted by Gasteiger charge is -1.86. The zero-order valence-electron chi connectivity index (χ0n) is 6.69. The molecular weight excluding hydrogens is 194 g/mol. The number of epoxide rings is 1. The summed E-state index contributed by atoms with van der Waals surface area (Å²) < 4.78 is 4.81. The second kappa shape index (κ2) is 7.51. The van der Waals surface area contributed by atoms with Crippen molar-refractivity contribution < 1.29 is 4.74 Å². The Morgan fingerprint density at radius 1 is 1.50 bits per heavy atom. The lowest BCUT2D eigenvalue weighted by atomic mass is 10.6. The van der Waals surface area contributed by atoms with Crippen molar-refractivity contribution in [3.8, 4) is 0 Å². The minimum absolute atomic E-state index is 0.551. The van der Waals surface area contributed by atoms with Gasteiger partial charge in [-0.2, -0.15) is 0 Å². The van der Waals surface area contributed by atoms with E-state index in [0.717, 1.165) is 25.0 Å². The number of rotatable bonds is 3. The number of halogens is 1. The Morgan fingerprint density at radius 3 is 2.00 bits per heavy atom. The van der Waals surface area contributed by atoms with E-state index in [0.29, 0.717) is 6.10 Å². The van der Waals surface area contributed by atoms with Gasteiger partial charge in [-0.1, -0.05) is 29.8 Å². The van der Waals surface area contributed by atoms with Gasteiger partial charge in [-0.25, -0.2) is 0 Å². The molecule has 0 radical (unpaired) electrons. The quantitative estimate of drug-likeness (QED) is 0.562. The highest BCUT2D eigenvalue weighted by Crippen LogP contribution is 2.09. The second-order valence-electron chi connectivity index (χ2n) is 2.07. The van der Waals surface area contributed by atoms with E-state index in [-0.39, 0.29) is 0 Å². The van der Waals surface area contributed by atoms with Crippen molar-refractivity contribution in [3.05, 3.63) is 0 Å². The van der Waals surface area contributed by atoms with E-state index in [9.17, 15) is 0 Å². The van der Waals surface area contributed by atoms with Crippen LogP contribution in [0.5, 0.6) is 0 Å². The fourth-order valence-corrected chi connectivity index (χ4v) is 0.781. The summed E-state index contributed by atoms with van der Waals surface area (Å²) in [4.78, 5) is 0. The Hall–Kier alpha value is 0.400. The molecule has 0 aliphatic carbocycles. The van der Waals surface area contributed by atoms with Crippen molar-refractivity contribution in [1.29, 1.82) is 0 Å². The van der Waals surface area contributed by atoms with Gasteiger partial charge < -0.3 is 10.1 Å². The third-order valence-corrected chi connectivity index (χ3v) is 1.80. The summed E-state index contributed by atoms with van der Waals surface area (Å²) in [5.41, 5.74) is 0. The highest BCUT2D eigenvalue weighted by atomic mass is 79.9. The van der Waals surface area contributed by atoms with Crippen LogP contribution in [0.4, 0.5) is 0 Å². The fourth-order valence-electron chi connectivity index (χ4n) is 0.407. The molecule has 62 valence electrons. The van der Waals surface area contributed by atoms with Crippen LogP contribution in [0.15, 0.2) is 0 Å². The maximum absolute atomic E-state index is 4.81. The minimum atomic E-state index is 0.551. The van der Waals surface area contributed by atoms with Gasteiger partial charge in [-0.15, -0.1) is 0 Å². The van der Waals surface area contributed by atoms with Crippen LogP contribution >= 0.6 is 15.9 Å². The van der Waals surface area contributed by atoms with Gasteiger partial charge in [0.15, 0.2) is 0 Å². The summed E-state index contributed by atoms with van der Waals surface area (Å²) >= 11 is 3.25. The zero-order valence-corrected chi connectivity index (χ0v) is 8.28. The summed E-state index contributed by atoms with van der Waals surface area (Å²) in [5.74, 6) is 0. The highest BCUT2D eigenvalue weighted by molar-refractivity contribution is 9.09. The van der Waals surface area contributed by atoms with Crippen LogP contribution in [0.2, 0.25) is 0 Å². The second-order valence-corrected chi connectivity index (χ2v) is 2.71. The van der Waals surface area contributed by atoms with Crippen LogP contribution in [-0.2, 0) is 4.74 Å². The standard InChI is InChI=1S/C4H11N.C3H5BrO/c1-3-5-4-2;4-1-3-2-5-3/h5H,3-4H2,1-2H3;3H,1-2H2. The molecule has 1 saturated heterocycles. The summed E-state index contributed by atoms with van der Waals surface area (Å²) in [6, 6.07) is 0. The van der Waals surface area contributed by atoms with E-state index in [1.54, 1.807) is 0 Å². The molecule has 1 rings (SSSR count). The van der Waals surface area contributed by atoms with Gasteiger partial charge in [0.2, 0.25) is 0 Å². The van der Waals surface area contributed by atoms with Gasteiger partial charge in [-0.05, 0) is 13.1 Å². The average Bonchev–Trinajstić information content (AvgIpc) is 2.72. The van der Waals surface area contributed by atoms with E-state index in [2.05, 4.69) is 35.1 Å². The number of alkyl halides is 1. The number of hydrogen-bond acceptors (Lipinski definition) is 2. The largest absolute Gasteiger partial charge is 0.372 e. The molecule has 0 amide bonds. The van der Waals surface area contributed by atoms with Crippen LogP contribution in [0, 0.1) is 0 Å². The molecule has 1 aliphatic rings. The van der Waals surface area contributed by atoms with Gasteiger partial charge in [0.1, 0.15) is 0 Å². The lowest BCUT2D eigenvalue weighted by Crippen LogP contribution is -2.09. The Bertz CT molecular complexity index is 64.6. The van der Waals surface area contributed by atoms with Crippen molar-refractivity contribution in [2.45, 2.75) is 20.0 Å². The number of nitrogens with one attached hydrogen (secondary N) is 1. The van der Waals surface area contributed by atoms with Gasteiger partial charge in [0, 0.05) is 5.33 Å². The summed E-state index contributed by atoms with van der Waals surface area (Å²) in [6.45, 7) is 7.35. The first-order valence-corrected chi connectivity index (χ1v) is 4.85. The first-order chi connectivity index (χ1) is 4.85. The van der Waals surface area contributed by atoms with Crippen LogP contribution in [-0.4, -0.2) is 31.1 Å². The Morgan fingerprint density at radius 2 is 2.00 bits per heavy atom. The predicted octanol–water partition coefficient (Wildman–Crippen LogP) is 1.40. The van der Waals surface area contributed by atoms with E-state index in [1.807, 2.05) is 0 Å². The summed E-state index contributed by atoms with van der Waals surface area (Å²) in [6.07, 6.45) is 0.551. The minimum Gasteiger partial charge on any atom is -0.372 e. The van der Waals surface area contributed by atoms with Crippen molar-refractivity contribution in [1.82, 2.24) is 5.32 Å². The fraction of sp³-hybridized carbons (Fsp3) is 1.00. The maximum Gasteiger partial charge on any atom is 0.0906 e. The van der Waals surface area contributed by atoms with E-state index in [4.69, 9.17) is 4.74 Å². The molecule has 0 saturated carbocycles. The van der Waals surface area contributed by atoms with Gasteiger partial charge in [0.25, 0.3) is 0 Å². The van der Waals surface area contributed by atoms with Gasteiger partial charge >= 0.3 is 0 Å². The smallest absolute Gasteiger partial charge is 0.0906 e. The number of hydrogen-bond donors (Lipinski definition) is 1. The SMILES string of the molecule is BrCC1CO1.CCNCC. The van der Waals surface area contributed by atoms with Gasteiger partial charge in [-0.3, -0.25) is 0 Å². The Balaban J connectivity index is 0.000000162. The monoisotopic (exact) mass is 209 g/mol. The molecule has 3 heteroatoms. The highest BCUT2D eigenvalue weighted by Gasteiger charge is 2.19. The lowest BCUT2D eigenvalue weighted by molar-refractivity contribution is 0.427. The van der Waals surface area contributed by atoms with Crippen LogP contribution in [0.3, 0.4) is 0 Å². The molecule has 1 atom stereocenters. The Labute approximate surface area is 71.5 Å². The molecule has 0 aromatic carbocycles. The third-order valence-electron chi connectivity index (χ3n) is 1.07. The van der Waals surface area contributed by atoms with Crippen LogP contribution in [0.1, 0.15) is 13.8 Å². The Kier molecular flexibility index (Phi) is 7.81. The first-order valence-electron chi connectivity index (χ1n) is 3.73. The van der Waals surface area contributed by atoms with E-state index >= 15 is 0 Å². The molecule has 10 heavy (non-hydrogen) atoms. The number of ether oxygens (including phenoxy) is 1. The molecule has 1 aliphatic heterocycles. The molecule has 0 bridgehead atoms. The molecule has 1 unspecified atom stereocenters. The summed E-state index contributed by atoms with van der Waals surface area (Å²) in [7, 11) is 0. The molecule has 1 N–H and O–H groups in total. The van der Waals surface area contributed by atoms with Crippen molar-refractivity contribution in [2.75, 3.05) is 25.0 Å². The van der Waals surface area contributed by atoms with E-state index < -0.39 is 0 Å². The topological polar surface area (TPSA) is 24.6 Å². The van der Waals surface area contributed by atoms with Crippen molar-refractivity contribution >= 4 is 15.9 Å². The van der Waals surface area contributed by atoms with Gasteiger partial charge in [0.05, 0.1) is 12.7 Å². The molecule has 2 nitrogen and oxygen atoms in total. The average molecular weight is 210 g/mol. The molecule has 0 aromatic heterocycles. The third kappa shape index (κ3) is 8.40. The molecule has 1 fully saturated rings. The zero-order chi connectivity index (χ0) is 7.82. The molecule has 0 spiro atoms. The normalized spacial score (nSPS) is 21.3.